The molecule has 2 N–H and O–H groups in total. The smallest absolute Gasteiger partial charge is 0.357 e. The number of oxime groups is 1. The Bertz CT molecular complexity index is 955. The van der Waals surface area contributed by atoms with Crippen LogP contribution < -0.4 is 10.5 Å². The zero-order valence-corrected chi connectivity index (χ0v) is 17.3. The van der Waals surface area contributed by atoms with Gasteiger partial charge < -0.3 is 15.3 Å². The van der Waals surface area contributed by atoms with Crippen LogP contribution in [-0.4, -0.2) is 53.7 Å². The summed E-state index contributed by atoms with van der Waals surface area (Å²) in [6, 6.07) is 12.1. The van der Waals surface area contributed by atoms with Crippen molar-refractivity contribution in [1.82, 2.24) is 4.90 Å². The van der Waals surface area contributed by atoms with Crippen molar-refractivity contribution in [2.75, 3.05) is 19.1 Å². The Hall–Kier alpha value is -3.33. The van der Waals surface area contributed by atoms with E-state index in [1.807, 2.05) is 6.26 Å². The molecule has 2 aromatic rings. The summed E-state index contributed by atoms with van der Waals surface area (Å²) in [5.74, 6) is -0.694. The lowest BCUT2D eigenvalue weighted by molar-refractivity contribution is -0.148. The van der Waals surface area contributed by atoms with E-state index in [1.54, 1.807) is 55.6 Å². The molecule has 1 aliphatic rings. The summed E-state index contributed by atoms with van der Waals surface area (Å²) in [6.07, 6.45) is 2.11. The molecular formula is C21H21N3O5S. The van der Waals surface area contributed by atoms with Gasteiger partial charge in [-0.3, -0.25) is 14.5 Å². The van der Waals surface area contributed by atoms with Gasteiger partial charge in [-0.1, -0.05) is 17.3 Å². The van der Waals surface area contributed by atoms with Gasteiger partial charge in [-0.05, 0) is 54.8 Å². The maximum Gasteiger partial charge on any atom is 0.357 e. The van der Waals surface area contributed by atoms with E-state index < -0.39 is 23.8 Å². The van der Waals surface area contributed by atoms with Crippen LogP contribution in [0.5, 0.6) is 5.75 Å². The maximum absolute atomic E-state index is 12.8. The molecule has 3 rings (SSSR count). The van der Waals surface area contributed by atoms with Crippen LogP contribution in [0.2, 0.25) is 0 Å². The van der Waals surface area contributed by atoms with Gasteiger partial charge in [-0.25, -0.2) is 4.79 Å². The molecule has 0 radical (unpaired) electrons. The Labute approximate surface area is 178 Å². The van der Waals surface area contributed by atoms with E-state index in [4.69, 9.17) is 15.3 Å². The summed E-state index contributed by atoms with van der Waals surface area (Å²) < 4.78 is 5.08. The zero-order valence-electron chi connectivity index (χ0n) is 16.5. The molecule has 0 fully saturated rings. The van der Waals surface area contributed by atoms with Crippen molar-refractivity contribution in [2.45, 2.75) is 12.5 Å². The molecule has 30 heavy (non-hydrogen) atoms. The number of fused-ring (bicyclic) bond motifs is 1. The number of rotatable bonds is 8. The highest BCUT2D eigenvalue weighted by Crippen LogP contribution is 2.26. The normalized spacial score (nSPS) is 14.5. The lowest BCUT2D eigenvalue weighted by Crippen LogP contribution is -2.45. The number of benzene rings is 2. The molecule has 2 amide bonds. The lowest BCUT2D eigenvalue weighted by Gasteiger charge is -2.23. The predicted octanol–water partition coefficient (Wildman–Crippen LogP) is 2.28. The minimum absolute atomic E-state index is 0.0167. The lowest BCUT2D eigenvalue weighted by atomic mass is 10.1. The maximum atomic E-state index is 12.8. The predicted molar refractivity (Wildman–Crippen MR) is 114 cm³/mol. The standard InChI is InChI=1S/C21H21N3O5S/c1-28-14-9-7-13(8-10-14)18(22)23-29-21(27)17(11-12-30-2)24-19(25)15-5-3-4-6-16(15)20(24)26/h3-10,17H,11-12H2,1-2H3,(H2,22,23)/t17-/m1/s1. The van der Waals surface area contributed by atoms with Gasteiger partial charge in [0, 0.05) is 5.56 Å². The van der Waals surface area contributed by atoms with E-state index >= 15 is 0 Å². The molecule has 2 aromatic carbocycles. The van der Waals surface area contributed by atoms with Crippen molar-refractivity contribution >= 4 is 35.4 Å². The van der Waals surface area contributed by atoms with Crippen LogP contribution in [-0.2, 0) is 9.63 Å². The molecule has 1 atom stereocenters. The van der Waals surface area contributed by atoms with Gasteiger partial charge in [0.2, 0.25) is 0 Å². The number of hydrogen-bond donors (Lipinski definition) is 1. The second-order valence-electron chi connectivity index (χ2n) is 6.44. The van der Waals surface area contributed by atoms with Crippen molar-refractivity contribution in [2.24, 2.45) is 10.9 Å². The molecule has 0 unspecified atom stereocenters. The molecular weight excluding hydrogens is 406 g/mol. The van der Waals surface area contributed by atoms with Crippen LogP contribution in [0.4, 0.5) is 0 Å². The van der Waals surface area contributed by atoms with Crippen LogP contribution >= 0.6 is 11.8 Å². The third-order valence-corrected chi connectivity index (χ3v) is 5.27. The third kappa shape index (κ3) is 4.30. The first-order chi connectivity index (χ1) is 14.5. The largest absolute Gasteiger partial charge is 0.497 e. The molecule has 0 bridgehead atoms. The van der Waals surface area contributed by atoms with Gasteiger partial charge in [0.25, 0.3) is 11.8 Å². The van der Waals surface area contributed by atoms with E-state index in [0.29, 0.717) is 17.1 Å². The Balaban J connectivity index is 1.79. The second kappa shape index (κ2) is 9.45. The van der Waals surface area contributed by atoms with E-state index in [9.17, 15) is 14.4 Å². The first-order valence-corrected chi connectivity index (χ1v) is 10.5. The van der Waals surface area contributed by atoms with Crippen molar-refractivity contribution in [1.29, 1.82) is 0 Å². The summed E-state index contributed by atoms with van der Waals surface area (Å²) in [4.78, 5) is 44.2. The third-order valence-electron chi connectivity index (χ3n) is 4.62. The minimum atomic E-state index is -1.10. The first-order valence-electron chi connectivity index (χ1n) is 9.12. The monoisotopic (exact) mass is 427 g/mol. The van der Waals surface area contributed by atoms with Crippen LogP contribution in [0.3, 0.4) is 0 Å². The number of carbonyl (C=O) groups is 3. The van der Waals surface area contributed by atoms with Gasteiger partial charge in [0.1, 0.15) is 11.8 Å². The quantitative estimate of drug-likeness (QED) is 0.226. The minimum Gasteiger partial charge on any atom is -0.497 e. The number of carbonyl (C=O) groups excluding carboxylic acids is 3. The van der Waals surface area contributed by atoms with Gasteiger partial charge in [-0.15, -0.1) is 0 Å². The van der Waals surface area contributed by atoms with E-state index in [0.717, 1.165) is 4.90 Å². The van der Waals surface area contributed by atoms with Crippen molar-refractivity contribution in [3.63, 3.8) is 0 Å². The summed E-state index contributed by atoms with van der Waals surface area (Å²) in [5.41, 5.74) is 6.96. The van der Waals surface area contributed by atoms with Gasteiger partial charge >= 0.3 is 5.97 Å². The fourth-order valence-corrected chi connectivity index (χ4v) is 3.50. The highest BCUT2D eigenvalue weighted by Gasteiger charge is 2.43. The fraction of sp³-hybridized carbons (Fsp3) is 0.238. The number of nitrogens with zero attached hydrogens (tertiary/aromatic N) is 2. The van der Waals surface area contributed by atoms with Crippen LogP contribution in [0, 0.1) is 0 Å². The van der Waals surface area contributed by atoms with Crippen LogP contribution in [0.1, 0.15) is 32.7 Å². The number of amides is 2. The molecule has 8 nitrogen and oxygen atoms in total. The Morgan fingerprint density at radius 3 is 2.23 bits per heavy atom. The van der Waals surface area contributed by atoms with Crippen LogP contribution in [0.25, 0.3) is 0 Å². The van der Waals surface area contributed by atoms with Crippen molar-refractivity contribution < 1.29 is 24.0 Å². The van der Waals surface area contributed by atoms with Gasteiger partial charge in [0.05, 0.1) is 18.2 Å². The zero-order chi connectivity index (χ0) is 21.7. The number of ether oxygens (including phenoxy) is 1. The Morgan fingerprint density at radius 2 is 1.70 bits per heavy atom. The molecule has 0 aliphatic carbocycles. The number of amidine groups is 1. The molecule has 0 aromatic heterocycles. The molecule has 0 saturated carbocycles. The van der Waals surface area contributed by atoms with Crippen molar-refractivity contribution in [3.05, 3.63) is 65.2 Å². The first kappa shape index (κ1) is 21.4. The number of thioether (sulfide) groups is 1. The van der Waals surface area contributed by atoms with Gasteiger partial charge in [0.15, 0.2) is 5.84 Å². The SMILES string of the molecule is COc1ccc(/C(N)=N\OC(=O)[C@@H](CCSC)N2C(=O)c3ccccc3C2=O)cc1. The van der Waals surface area contributed by atoms with Crippen molar-refractivity contribution in [3.8, 4) is 5.75 Å². The van der Waals surface area contributed by atoms with E-state index in [1.165, 1.54) is 11.8 Å². The Morgan fingerprint density at radius 1 is 1.10 bits per heavy atom. The summed E-state index contributed by atoms with van der Waals surface area (Å²) >= 11 is 1.49. The topological polar surface area (TPSA) is 111 Å². The summed E-state index contributed by atoms with van der Waals surface area (Å²) in [5, 5.41) is 3.70. The summed E-state index contributed by atoms with van der Waals surface area (Å²) in [6.45, 7) is 0. The second-order valence-corrected chi connectivity index (χ2v) is 7.42. The Kier molecular flexibility index (Phi) is 6.73. The molecule has 1 aliphatic heterocycles. The van der Waals surface area contributed by atoms with Gasteiger partial charge in [-0.2, -0.15) is 11.8 Å². The number of hydrogen-bond acceptors (Lipinski definition) is 7. The average Bonchev–Trinajstić information content (AvgIpc) is 3.03. The van der Waals surface area contributed by atoms with E-state index in [-0.39, 0.29) is 23.4 Å². The molecule has 0 spiro atoms. The average molecular weight is 427 g/mol. The molecule has 9 heteroatoms. The number of methoxy groups -OCH3 is 1. The molecule has 0 saturated heterocycles. The number of imide groups is 1. The van der Waals surface area contributed by atoms with Crippen LogP contribution in [0.15, 0.2) is 53.7 Å². The summed E-state index contributed by atoms with van der Waals surface area (Å²) in [7, 11) is 1.54. The fourth-order valence-electron chi connectivity index (χ4n) is 3.04. The van der Waals surface area contributed by atoms with E-state index in [2.05, 4.69) is 5.16 Å². The highest BCUT2D eigenvalue weighted by atomic mass is 32.2. The highest BCUT2D eigenvalue weighted by molar-refractivity contribution is 7.98. The number of nitrogens with two attached hydrogens (primary N) is 1. The molecule has 1 heterocycles. The molecule has 156 valence electrons.